The largest absolute Gasteiger partial charge is 0.478 e. The van der Waals surface area contributed by atoms with E-state index in [2.05, 4.69) is 5.32 Å². The second-order valence-electron chi connectivity index (χ2n) is 4.51. The van der Waals surface area contributed by atoms with Crippen LogP contribution < -0.4 is 5.32 Å². The van der Waals surface area contributed by atoms with E-state index in [9.17, 15) is 9.59 Å². The third kappa shape index (κ3) is 3.61. The maximum absolute atomic E-state index is 12.0. The minimum Gasteiger partial charge on any atom is -0.478 e. The van der Waals surface area contributed by atoms with Crippen LogP contribution in [-0.2, 0) is 0 Å². The third-order valence-corrected chi connectivity index (χ3v) is 3.26. The van der Waals surface area contributed by atoms with E-state index in [0.717, 1.165) is 32.4 Å². The predicted molar refractivity (Wildman–Crippen MR) is 72.9 cm³/mol. The van der Waals surface area contributed by atoms with Gasteiger partial charge in [0.15, 0.2) is 0 Å². The minimum atomic E-state index is -1.07. The SMILES string of the molecule is O=C(O)c1cc(Cl)cc(NC(=O)N2CCCCC2)c1. The molecular weight excluding hydrogens is 268 g/mol. The van der Waals surface area contributed by atoms with Gasteiger partial charge in [-0.3, -0.25) is 0 Å². The molecule has 2 rings (SSSR count). The summed E-state index contributed by atoms with van der Waals surface area (Å²) in [6.07, 6.45) is 3.15. The average Bonchev–Trinajstić information content (AvgIpc) is 2.39. The van der Waals surface area contributed by atoms with Gasteiger partial charge in [0, 0.05) is 23.8 Å². The monoisotopic (exact) mass is 282 g/mol. The Morgan fingerprint density at radius 1 is 1.16 bits per heavy atom. The van der Waals surface area contributed by atoms with Gasteiger partial charge < -0.3 is 15.3 Å². The Morgan fingerprint density at radius 3 is 2.47 bits per heavy atom. The highest BCUT2D eigenvalue weighted by Gasteiger charge is 2.17. The third-order valence-electron chi connectivity index (χ3n) is 3.04. The topological polar surface area (TPSA) is 69.6 Å². The van der Waals surface area contributed by atoms with Gasteiger partial charge in [-0.1, -0.05) is 11.6 Å². The van der Waals surface area contributed by atoms with Gasteiger partial charge in [-0.2, -0.15) is 0 Å². The average molecular weight is 283 g/mol. The second-order valence-corrected chi connectivity index (χ2v) is 4.95. The quantitative estimate of drug-likeness (QED) is 0.876. The standard InChI is InChI=1S/C13H15ClN2O3/c14-10-6-9(12(17)18)7-11(8-10)15-13(19)16-4-2-1-3-5-16/h6-8H,1-5H2,(H,15,19)(H,17,18). The molecule has 1 aromatic rings. The highest BCUT2D eigenvalue weighted by molar-refractivity contribution is 6.31. The van der Waals surface area contributed by atoms with Crippen molar-refractivity contribution in [2.24, 2.45) is 0 Å². The van der Waals surface area contributed by atoms with E-state index in [1.807, 2.05) is 0 Å². The number of rotatable bonds is 2. The van der Waals surface area contributed by atoms with Crippen LogP contribution in [0.1, 0.15) is 29.6 Å². The van der Waals surface area contributed by atoms with Gasteiger partial charge in [-0.25, -0.2) is 9.59 Å². The number of amides is 2. The first-order valence-electron chi connectivity index (χ1n) is 6.16. The number of aromatic carboxylic acids is 1. The zero-order valence-corrected chi connectivity index (χ0v) is 11.1. The van der Waals surface area contributed by atoms with Crippen LogP contribution >= 0.6 is 11.6 Å². The number of urea groups is 1. The molecule has 1 fully saturated rings. The van der Waals surface area contributed by atoms with E-state index < -0.39 is 5.97 Å². The van der Waals surface area contributed by atoms with Crippen molar-refractivity contribution < 1.29 is 14.7 Å². The summed E-state index contributed by atoms with van der Waals surface area (Å²) < 4.78 is 0. The normalized spacial score (nSPS) is 15.1. The summed E-state index contributed by atoms with van der Waals surface area (Å²) in [5, 5.41) is 11.9. The first kappa shape index (κ1) is 13.7. The van der Waals surface area contributed by atoms with Crippen LogP contribution in [0.25, 0.3) is 0 Å². The Kier molecular flexibility index (Phi) is 4.27. The predicted octanol–water partition coefficient (Wildman–Crippen LogP) is 3.06. The number of likely N-dealkylation sites (tertiary alicyclic amines) is 1. The second kappa shape index (κ2) is 5.93. The number of nitrogens with zero attached hydrogens (tertiary/aromatic N) is 1. The summed E-state index contributed by atoms with van der Waals surface area (Å²) in [6, 6.07) is 4.07. The first-order chi connectivity index (χ1) is 9.06. The molecule has 1 heterocycles. The summed E-state index contributed by atoms with van der Waals surface area (Å²) >= 11 is 5.84. The highest BCUT2D eigenvalue weighted by Crippen LogP contribution is 2.20. The Hall–Kier alpha value is -1.75. The van der Waals surface area contributed by atoms with Crippen LogP contribution in [0.4, 0.5) is 10.5 Å². The molecule has 0 unspecified atom stereocenters. The molecule has 1 aliphatic heterocycles. The number of hydrogen-bond acceptors (Lipinski definition) is 2. The van der Waals surface area contributed by atoms with Crippen molar-refractivity contribution in [3.8, 4) is 0 Å². The van der Waals surface area contributed by atoms with Gasteiger partial charge in [0.25, 0.3) is 0 Å². The molecule has 5 nitrogen and oxygen atoms in total. The molecule has 0 saturated carbocycles. The van der Waals surface area contributed by atoms with Gasteiger partial charge in [0.05, 0.1) is 5.56 Å². The lowest BCUT2D eigenvalue weighted by Gasteiger charge is -2.26. The number of nitrogens with one attached hydrogen (secondary N) is 1. The highest BCUT2D eigenvalue weighted by atomic mass is 35.5. The lowest BCUT2D eigenvalue weighted by Crippen LogP contribution is -2.38. The van der Waals surface area contributed by atoms with E-state index in [0.29, 0.717) is 5.69 Å². The van der Waals surface area contributed by atoms with Crippen molar-refractivity contribution in [3.05, 3.63) is 28.8 Å². The maximum Gasteiger partial charge on any atom is 0.335 e. The van der Waals surface area contributed by atoms with E-state index in [1.54, 1.807) is 4.90 Å². The summed E-state index contributed by atoms with van der Waals surface area (Å²) in [6.45, 7) is 1.47. The van der Waals surface area contributed by atoms with Gasteiger partial charge in [-0.15, -0.1) is 0 Å². The Morgan fingerprint density at radius 2 is 1.84 bits per heavy atom. The van der Waals surface area contributed by atoms with Gasteiger partial charge in [0.2, 0.25) is 0 Å². The van der Waals surface area contributed by atoms with Crippen LogP contribution in [0, 0.1) is 0 Å². The zero-order chi connectivity index (χ0) is 13.8. The van der Waals surface area contributed by atoms with Crippen LogP contribution in [-0.4, -0.2) is 35.1 Å². The van der Waals surface area contributed by atoms with E-state index >= 15 is 0 Å². The van der Waals surface area contributed by atoms with Crippen molar-refractivity contribution >= 4 is 29.3 Å². The van der Waals surface area contributed by atoms with Crippen LogP contribution in [0.15, 0.2) is 18.2 Å². The molecule has 0 bridgehead atoms. The molecular formula is C13H15ClN2O3. The molecule has 0 aromatic heterocycles. The Balaban J connectivity index is 2.09. The summed E-state index contributed by atoms with van der Waals surface area (Å²) in [7, 11) is 0. The number of carboxylic acid groups (broad SMARTS) is 1. The first-order valence-corrected chi connectivity index (χ1v) is 6.54. The summed E-state index contributed by atoms with van der Waals surface area (Å²) in [4.78, 5) is 24.6. The van der Waals surface area contributed by atoms with E-state index in [4.69, 9.17) is 16.7 Å². The number of piperidine rings is 1. The molecule has 2 amide bonds. The van der Waals surface area contributed by atoms with Crippen LogP contribution in [0.3, 0.4) is 0 Å². The number of carbonyl (C=O) groups excluding carboxylic acids is 1. The van der Waals surface area contributed by atoms with Gasteiger partial charge in [-0.05, 0) is 37.5 Å². The molecule has 102 valence electrons. The molecule has 0 aliphatic carbocycles. The number of carboxylic acids is 1. The van der Waals surface area contributed by atoms with E-state index in [1.165, 1.54) is 18.2 Å². The van der Waals surface area contributed by atoms with Crippen molar-refractivity contribution in [3.63, 3.8) is 0 Å². The maximum atomic E-state index is 12.0. The van der Waals surface area contributed by atoms with Crippen LogP contribution in [0.2, 0.25) is 5.02 Å². The molecule has 6 heteroatoms. The molecule has 0 radical (unpaired) electrons. The summed E-state index contributed by atoms with van der Waals surface area (Å²) in [5.74, 6) is -1.07. The van der Waals surface area contributed by atoms with Crippen molar-refractivity contribution in [2.75, 3.05) is 18.4 Å². The minimum absolute atomic E-state index is 0.0569. The lowest BCUT2D eigenvalue weighted by atomic mass is 10.1. The molecule has 1 aromatic carbocycles. The fraction of sp³-hybridized carbons (Fsp3) is 0.385. The molecule has 2 N–H and O–H groups in total. The number of halogens is 1. The van der Waals surface area contributed by atoms with Gasteiger partial charge >= 0.3 is 12.0 Å². The summed E-state index contributed by atoms with van der Waals surface area (Å²) in [5.41, 5.74) is 0.460. The molecule has 1 saturated heterocycles. The Bertz CT molecular complexity index is 499. The lowest BCUT2D eigenvalue weighted by molar-refractivity contribution is 0.0697. The molecule has 0 atom stereocenters. The number of benzene rings is 1. The fourth-order valence-corrected chi connectivity index (χ4v) is 2.32. The number of hydrogen-bond donors (Lipinski definition) is 2. The number of anilines is 1. The zero-order valence-electron chi connectivity index (χ0n) is 10.4. The molecule has 0 spiro atoms. The van der Waals surface area contributed by atoms with Crippen molar-refractivity contribution in [1.82, 2.24) is 4.90 Å². The smallest absolute Gasteiger partial charge is 0.335 e. The molecule has 19 heavy (non-hydrogen) atoms. The van der Waals surface area contributed by atoms with Gasteiger partial charge in [0.1, 0.15) is 0 Å². The van der Waals surface area contributed by atoms with Crippen LogP contribution in [0.5, 0.6) is 0 Å². The number of carbonyl (C=O) groups is 2. The fourth-order valence-electron chi connectivity index (χ4n) is 2.08. The molecule has 1 aliphatic rings. The van der Waals surface area contributed by atoms with Crippen molar-refractivity contribution in [1.29, 1.82) is 0 Å². The Labute approximate surface area is 116 Å². The van der Waals surface area contributed by atoms with Crippen molar-refractivity contribution in [2.45, 2.75) is 19.3 Å². The van der Waals surface area contributed by atoms with E-state index in [-0.39, 0.29) is 16.6 Å².